The maximum atomic E-state index is 10.5. The van der Waals surface area contributed by atoms with Crippen molar-refractivity contribution < 1.29 is 9.90 Å². The fraction of sp³-hybridized carbons (Fsp3) is 0.750. The molecule has 0 bridgehead atoms. The van der Waals surface area contributed by atoms with E-state index in [-0.39, 0.29) is 6.42 Å². The van der Waals surface area contributed by atoms with Crippen LogP contribution < -0.4 is 0 Å². The summed E-state index contributed by atoms with van der Waals surface area (Å²) in [7, 11) is 0. The van der Waals surface area contributed by atoms with Crippen LogP contribution in [0.25, 0.3) is 0 Å². The van der Waals surface area contributed by atoms with Crippen LogP contribution in [0.3, 0.4) is 0 Å². The Hall–Kier alpha value is -1.43. The maximum Gasteiger partial charge on any atom is 0.303 e. The number of aliphatic carboxylic acids is 1. The van der Waals surface area contributed by atoms with E-state index < -0.39 is 5.97 Å². The van der Waals surface area contributed by atoms with E-state index in [2.05, 4.69) is 21.9 Å². The lowest BCUT2D eigenvalue weighted by Gasteiger charge is -2.15. The van der Waals surface area contributed by atoms with Gasteiger partial charge >= 0.3 is 5.97 Å². The summed E-state index contributed by atoms with van der Waals surface area (Å²) in [6, 6.07) is 0. The number of rotatable bonds is 6. The second kappa shape index (κ2) is 5.95. The zero-order valence-corrected chi connectivity index (χ0v) is 10.7. The number of hydrogen-bond donors (Lipinski definition) is 1. The molecule has 100 valence electrons. The maximum absolute atomic E-state index is 10.5. The Morgan fingerprint density at radius 3 is 3.17 bits per heavy atom. The van der Waals surface area contributed by atoms with E-state index >= 15 is 0 Å². The molecule has 0 amide bonds. The number of likely N-dealkylation sites (tertiary alicyclic amines) is 1. The highest BCUT2D eigenvalue weighted by Gasteiger charge is 2.23. The molecule has 1 aromatic heterocycles. The van der Waals surface area contributed by atoms with Gasteiger partial charge in [0.15, 0.2) is 0 Å². The van der Waals surface area contributed by atoms with Gasteiger partial charge in [0, 0.05) is 19.5 Å². The van der Waals surface area contributed by atoms with Crippen molar-refractivity contribution in [1.29, 1.82) is 0 Å². The first-order valence-corrected chi connectivity index (χ1v) is 6.50. The Morgan fingerprint density at radius 1 is 1.61 bits per heavy atom. The third-order valence-corrected chi connectivity index (χ3v) is 3.50. The van der Waals surface area contributed by atoms with Gasteiger partial charge in [0.05, 0.1) is 6.54 Å². The number of carboxylic acids is 1. The number of hydrogen-bond acceptors (Lipinski definition) is 4. The fourth-order valence-electron chi connectivity index (χ4n) is 2.49. The molecular formula is C12H20N4O2. The van der Waals surface area contributed by atoms with Gasteiger partial charge < -0.3 is 5.11 Å². The molecule has 1 saturated heterocycles. The molecule has 6 nitrogen and oxygen atoms in total. The van der Waals surface area contributed by atoms with E-state index in [9.17, 15) is 4.79 Å². The molecule has 1 N–H and O–H groups in total. The molecule has 0 aliphatic carbocycles. The molecule has 0 aromatic carbocycles. The lowest BCUT2D eigenvalue weighted by Crippen LogP contribution is -2.23. The Morgan fingerprint density at radius 2 is 2.44 bits per heavy atom. The summed E-state index contributed by atoms with van der Waals surface area (Å²) in [5.74, 6) is 0.814. The van der Waals surface area contributed by atoms with Crippen LogP contribution in [0.2, 0.25) is 0 Å². The van der Waals surface area contributed by atoms with Crippen molar-refractivity contribution in [1.82, 2.24) is 19.7 Å². The first-order valence-electron chi connectivity index (χ1n) is 6.50. The predicted molar refractivity (Wildman–Crippen MR) is 65.9 cm³/mol. The summed E-state index contributed by atoms with van der Waals surface area (Å²) < 4.78 is 1.91. The van der Waals surface area contributed by atoms with Crippen molar-refractivity contribution in [2.75, 3.05) is 13.1 Å². The smallest absolute Gasteiger partial charge is 0.303 e. The summed E-state index contributed by atoms with van der Waals surface area (Å²) in [6.07, 6.45) is 3.75. The molecule has 1 atom stereocenters. The van der Waals surface area contributed by atoms with Gasteiger partial charge in [-0.25, -0.2) is 9.67 Å². The average molecular weight is 252 g/mol. The minimum absolute atomic E-state index is 0.281. The number of nitrogens with zero attached hydrogens (tertiary/aromatic N) is 4. The van der Waals surface area contributed by atoms with Crippen molar-refractivity contribution >= 4 is 5.97 Å². The number of carboxylic acid groups (broad SMARTS) is 1. The van der Waals surface area contributed by atoms with Gasteiger partial charge in [0.1, 0.15) is 12.2 Å². The van der Waals surface area contributed by atoms with Crippen LogP contribution >= 0.6 is 0 Å². The molecule has 0 spiro atoms. The topological polar surface area (TPSA) is 71.2 Å². The molecule has 1 aliphatic rings. The van der Waals surface area contributed by atoms with Gasteiger partial charge in [0.25, 0.3) is 0 Å². The van der Waals surface area contributed by atoms with Crippen molar-refractivity contribution in [3.8, 4) is 0 Å². The van der Waals surface area contributed by atoms with Gasteiger partial charge in [-0.3, -0.25) is 9.69 Å². The molecule has 0 radical (unpaired) electrons. The lowest BCUT2D eigenvalue weighted by molar-refractivity contribution is -0.137. The summed E-state index contributed by atoms with van der Waals surface area (Å²) >= 11 is 0. The minimum atomic E-state index is -0.695. The van der Waals surface area contributed by atoms with E-state index in [4.69, 9.17) is 5.11 Å². The third-order valence-electron chi connectivity index (χ3n) is 3.50. The van der Waals surface area contributed by atoms with E-state index in [1.807, 2.05) is 4.68 Å². The molecule has 1 unspecified atom stereocenters. The van der Waals surface area contributed by atoms with Gasteiger partial charge in [-0.15, -0.1) is 0 Å². The third kappa shape index (κ3) is 3.29. The monoisotopic (exact) mass is 252 g/mol. The van der Waals surface area contributed by atoms with Crippen molar-refractivity contribution in [3.05, 3.63) is 12.2 Å². The zero-order valence-electron chi connectivity index (χ0n) is 10.7. The van der Waals surface area contributed by atoms with E-state index in [0.29, 0.717) is 5.92 Å². The number of aryl methyl sites for hydroxylation is 1. The Kier molecular flexibility index (Phi) is 4.30. The van der Waals surface area contributed by atoms with Crippen LogP contribution in [0.15, 0.2) is 6.33 Å². The van der Waals surface area contributed by atoms with E-state index in [1.165, 1.54) is 0 Å². The van der Waals surface area contributed by atoms with Crippen molar-refractivity contribution in [3.63, 3.8) is 0 Å². The molecule has 0 saturated carbocycles. The van der Waals surface area contributed by atoms with E-state index in [0.717, 1.165) is 44.8 Å². The van der Waals surface area contributed by atoms with Crippen LogP contribution in [0, 0.1) is 5.92 Å². The van der Waals surface area contributed by atoms with Crippen LogP contribution in [0.1, 0.15) is 32.0 Å². The molecule has 18 heavy (non-hydrogen) atoms. The quantitative estimate of drug-likeness (QED) is 0.817. The fourth-order valence-corrected chi connectivity index (χ4v) is 2.49. The summed E-state index contributed by atoms with van der Waals surface area (Å²) in [5.41, 5.74) is 0. The predicted octanol–water partition coefficient (Wildman–Crippen LogP) is 0.985. The van der Waals surface area contributed by atoms with Gasteiger partial charge in [0.2, 0.25) is 0 Å². The van der Waals surface area contributed by atoms with Crippen LogP contribution in [0.5, 0.6) is 0 Å². The molecule has 2 rings (SSSR count). The highest BCUT2D eigenvalue weighted by Crippen LogP contribution is 2.22. The van der Waals surface area contributed by atoms with Gasteiger partial charge in [-0.2, -0.15) is 5.10 Å². The summed E-state index contributed by atoms with van der Waals surface area (Å²) in [6.45, 7) is 5.71. The normalized spacial score (nSPS) is 20.4. The lowest BCUT2D eigenvalue weighted by atomic mass is 10.0. The second-order valence-electron chi connectivity index (χ2n) is 4.81. The first kappa shape index (κ1) is 13.0. The Bertz CT molecular complexity index is 405. The first-order chi connectivity index (χ1) is 8.69. The van der Waals surface area contributed by atoms with Crippen LogP contribution in [0.4, 0.5) is 0 Å². The SMILES string of the molecule is CCn1ncnc1CN1CCC(CCC(=O)O)C1. The van der Waals surface area contributed by atoms with E-state index in [1.54, 1.807) is 6.33 Å². The van der Waals surface area contributed by atoms with Crippen molar-refractivity contribution in [2.45, 2.75) is 39.3 Å². The highest BCUT2D eigenvalue weighted by molar-refractivity contribution is 5.66. The minimum Gasteiger partial charge on any atom is -0.481 e. The Balaban J connectivity index is 1.80. The molecule has 1 fully saturated rings. The molecule has 1 aliphatic heterocycles. The van der Waals surface area contributed by atoms with Gasteiger partial charge in [-0.1, -0.05) is 0 Å². The standard InChI is InChI=1S/C12H20N4O2/c1-2-16-11(13-9-14-16)8-15-6-5-10(7-15)3-4-12(17)18/h9-10H,2-8H2,1H3,(H,17,18). The average Bonchev–Trinajstić information content (AvgIpc) is 2.96. The highest BCUT2D eigenvalue weighted by atomic mass is 16.4. The number of aromatic nitrogens is 3. The largest absolute Gasteiger partial charge is 0.481 e. The molecule has 2 heterocycles. The van der Waals surface area contributed by atoms with Crippen LogP contribution in [-0.4, -0.2) is 43.8 Å². The Labute approximate surface area is 107 Å². The molecular weight excluding hydrogens is 232 g/mol. The van der Waals surface area contributed by atoms with Gasteiger partial charge in [-0.05, 0) is 32.2 Å². The summed E-state index contributed by atoms with van der Waals surface area (Å²) in [4.78, 5) is 17.1. The summed E-state index contributed by atoms with van der Waals surface area (Å²) in [5, 5.41) is 12.8. The number of carbonyl (C=O) groups is 1. The molecule has 6 heteroatoms. The van der Waals surface area contributed by atoms with Crippen LogP contribution in [-0.2, 0) is 17.9 Å². The second-order valence-corrected chi connectivity index (χ2v) is 4.81. The zero-order chi connectivity index (χ0) is 13.0. The van der Waals surface area contributed by atoms with Crippen molar-refractivity contribution in [2.24, 2.45) is 5.92 Å². The molecule has 1 aromatic rings.